The highest BCUT2D eigenvalue weighted by Gasteiger charge is 2.19. The highest BCUT2D eigenvalue weighted by molar-refractivity contribution is 9.10. The van der Waals surface area contributed by atoms with Gasteiger partial charge in [-0.15, -0.1) is 0 Å². The average molecular weight is 314 g/mol. The molecule has 0 aromatic heterocycles. The summed E-state index contributed by atoms with van der Waals surface area (Å²) in [4.78, 5) is 24.6. The summed E-state index contributed by atoms with van der Waals surface area (Å²) < 4.78 is 6.37. The average Bonchev–Trinajstić information content (AvgIpc) is 2.27. The molecular formula is C13H16BrNO3. The summed E-state index contributed by atoms with van der Waals surface area (Å²) in [6, 6.07) is 5.13. The van der Waals surface area contributed by atoms with Crippen molar-refractivity contribution in [3.63, 3.8) is 0 Å². The van der Waals surface area contributed by atoms with E-state index in [1.165, 1.54) is 11.8 Å². The summed E-state index contributed by atoms with van der Waals surface area (Å²) in [6.45, 7) is 3.13. The van der Waals surface area contributed by atoms with Gasteiger partial charge in [-0.1, -0.05) is 15.9 Å². The fraction of sp³-hybridized carbons (Fsp3) is 0.385. The number of rotatable bonds is 4. The van der Waals surface area contributed by atoms with Crippen LogP contribution < -0.4 is 4.74 Å². The van der Waals surface area contributed by atoms with Gasteiger partial charge in [0.15, 0.2) is 11.9 Å². The van der Waals surface area contributed by atoms with Crippen LogP contribution in [-0.4, -0.2) is 36.8 Å². The van der Waals surface area contributed by atoms with Crippen LogP contribution in [0.25, 0.3) is 0 Å². The topological polar surface area (TPSA) is 46.6 Å². The lowest BCUT2D eigenvalue weighted by Crippen LogP contribution is -2.35. The Labute approximate surface area is 115 Å². The van der Waals surface area contributed by atoms with E-state index < -0.39 is 6.10 Å². The zero-order valence-corrected chi connectivity index (χ0v) is 12.4. The zero-order chi connectivity index (χ0) is 13.9. The number of hydrogen-bond acceptors (Lipinski definition) is 3. The molecule has 98 valence electrons. The number of ether oxygens (including phenoxy) is 1. The molecule has 0 saturated carbocycles. The van der Waals surface area contributed by atoms with E-state index >= 15 is 0 Å². The number of carbonyl (C=O) groups excluding carboxylic acids is 2. The highest BCUT2D eigenvalue weighted by Crippen LogP contribution is 2.25. The maximum Gasteiger partial charge on any atom is 0.262 e. The highest BCUT2D eigenvalue weighted by atomic mass is 79.9. The molecular weight excluding hydrogens is 298 g/mol. The van der Waals surface area contributed by atoms with Gasteiger partial charge >= 0.3 is 0 Å². The van der Waals surface area contributed by atoms with Crippen LogP contribution in [-0.2, 0) is 4.79 Å². The van der Waals surface area contributed by atoms with Crippen LogP contribution in [0.5, 0.6) is 5.75 Å². The summed E-state index contributed by atoms with van der Waals surface area (Å²) in [5, 5.41) is 0. The number of Topliss-reactive ketones (excluding diaryl/α,β-unsaturated/α-hetero) is 1. The van der Waals surface area contributed by atoms with Crippen molar-refractivity contribution >= 4 is 27.6 Å². The minimum Gasteiger partial charge on any atom is -0.480 e. The van der Waals surface area contributed by atoms with Crippen molar-refractivity contribution in [2.75, 3.05) is 14.1 Å². The largest absolute Gasteiger partial charge is 0.480 e. The lowest BCUT2D eigenvalue weighted by molar-refractivity contribution is -0.135. The van der Waals surface area contributed by atoms with Crippen molar-refractivity contribution in [2.45, 2.75) is 20.0 Å². The number of nitrogens with zero attached hydrogens (tertiary/aromatic N) is 1. The predicted molar refractivity (Wildman–Crippen MR) is 72.9 cm³/mol. The molecule has 1 unspecified atom stereocenters. The minimum atomic E-state index is -0.632. The number of likely N-dealkylation sites (N-methyl/N-ethyl adjacent to an activating group) is 1. The molecule has 0 bridgehead atoms. The second-order valence-electron chi connectivity index (χ2n) is 4.19. The quantitative estimate of drug-likeness (QED) is 0.802. The van der Waals surface area contributed by atoms with Crippen LogP contribution in [0.1, 0.15) is 24.2 Å². The molecule has 1 rings (SSSR count). The first kappa shape index (κ1) is 14.7. The Bertz CT molecular complexity index is 471. The molecule has 1 amide bonds. The molecule has 0 aliphatic carbocycles. The smallest absolute Gasteiger partial charge is 0.262 e. The Balaban J connectivity index is 2.99. The van der Waals surface area contributed by atoms with E-state index in [0.29, 0.717) is 11.3 Å². The number of carbonyl (C=O) groups is 2. The standard InChI is InChI=1S/C13H16BrNO3/c1-8(16)11-6-5-10(14)7-12(11)18-9(2)13(17)15(3)4/h5-7,9H,1-4H3. The van der Waals surface area contributed by atoms with Crippen LogP contribution in [0.15, 0.2) is 22.7 Å². The third kappa shape index (κ3) is 3.57. The lowest BCUT2D eigenvalue weighted by Gasteiger charge is -2.19. The van der Waals surface area contributed by atoms with Gasteiger partial charge in [0.2, 0.25) is 0 Å². The van der Waals surface area contributed by atoms with Gasteiger partial charge in [-0.05, 0) is 32.0 Å². The van der Waals surface area contributed by atoms with Crippen molar-refractivity contribution in [1.29, 1.82) is 0 Å². The summed E-state index contributed by atoms with van der Waals surface area (Å²) in [5.74, 6) is 0.172. The third-order valence-electron chi connectivity index (χ3n) is 2.42. The zero-order valence-electron chi connectivity index (χ0n) is 10.9. The Morgan fingerprint density at radius 1 is 1.33 bits per heavy atom. The molecule has 0 aliphatic rings. The number of hydrogen-bond donors (Lipinski definition) is 0. The number of halogens is 1. The first-order valence-electron chi connectivity index (χ1n) is 5.51. The van der Waals surface area contributed by atoms with E-state index in [-0.39, 0.29) is 11.7 Å². The SMILES string of the molecule is CC(=O)c1ccc(Br)cc1OC(C)C(=O)N(C)C. The molecule has 0 spiro atoms. The van der Waals surface area contributed by atoms with E-state index in [9.17, 15) is 9.59 Å². The van der Waals surface area contributed by atoms with E-state index in [4.69, 9.17) is 4.74 Å². The second kappa shape index (κ2) is 6.00. The molecule has 0 fully saturated rings. The Morgan fingerprint density at radius 3 is 2.44 bits per heavy atom. The van der Waals surface area contributed by atoms with Crippen LogP contribution in [0, 0.1) is 0 Å². The van der Waals surface area contributed by atoms with Crippen LogP contribution >= 0.6 is 15.9 Å². The fourth-order valence-electron chi connectivity index (χ4n) is 1.49. The van der Waals surface area contributed by atoms with Crippen molar-refractivity contribution in [1.82, 2.24) is 4.90 Å². The summed E-state index contributed by atoms with van der Waals surface area (Å²) in [6.07, 6.45) is -0.632. The maximum absolute atomic E-state index is 11.7. The number of benzene rings is 1. The first-order chi connectivity index (χ1) is 8.32. The van der Waals surface area contributed by atoms with Crippen molar-refractivity contribution in [2.24, 2.45) is 0 Å². The molecule has 0 N–H and O–H groups in total. The molecule has 0 radical (unpaired) electrons. The Morgan fingerprint density at radius 2 is 1.94 bits per heavy atom. The van der Waals surface area contributed by atoms with Crippen molar-refractivity contribution in [3.05, 3.63) is 28.2 Å². The molecule has 0 heterocycles. The van der Waals surface area contributed by atoms with Crippen LogP contribution in [0.4, 0.5) is 0 Å². The van der Waals surface area contributed by atoms with Gasteiger partial charge in [0.1, 0.15) is 5.75 Å². The number of ketones is 1. The Kier molecular flexibility index (Phi) is 4.90. The van der Waals surface area contributed by atoms with E-state index in [0.717, 1.165) is 4.47 Å². The predicted octanol–water partition coefficient (Wildman–Crippen LogP) is 2.51. The molecule has 1 aromatic carbocycles. The second-order valence-corrected chi connectivity index (χ2v) is 5.11. The molecule has 18 heavy (non-hydrogen) atoms. The number of amides is 1. The van der Waals surface area contributed by atoms with Crippen molar-refractivity contribution in [3.8, 4) is 5.75 Å². The maximum atomic E-state index is 11.7. The van der Waals surface area contributed by atoms with E-state index in [1.54, 1.807) is 39.2 Å². The van der Waals surface area contributed by atoms with Gasteiger partial charge in [-0.3, -0.25) is 9.59 Å². The molecule has 4 nitrogen and oxygen atoms in total. The molecule has 5 heteroatoms. The van der Waals surface area contributed by atoms with Crippen LogP contribution in [0.2, 0.25) is 0 Å². The minimum absolute atomic E-state index is 0.0954. The van der Waals surface area contributed by atoms with Gasteiger partial charge < -0.3 is 9.64 Å². The van der Waals surface area contributed by atoms with Gasteiger partial charge in [-0.2, -0.15) is 0 Å². The molecule has 1 aromatic rings. The van der Waals surface area contributed by atoms with E-state index in [2.05, 4.69) is 15.9 Å². The summed E-state index contributed by atoms with van der Waals surface area (Å²) in [5.41, 5.74) is 0.469. The summed E-state index contributed by atoms with van der Waals surface area (Å²) in [7, 11) is 3.32. The lowest BCUT2D eigenvalue weighted by atomic mass is 10.1. The van der Waals surface area contributed by atoms with E-state index in [1.807, 2.05) is 0 Å². The molecule has 0 aliphatic heterocycles. The fourth-order valence-corrected chi connectivity index (χ4v) is 1.83. The normalized spacial score (nSPS) is 11.8. The summed E-state index contributed by atoms with van der Waals surface area (Å²) >= 11 is 3.31. The first-order valence-corrected chi connectivity index (χ1v) is 6.30. The van der Waals surface area contributed by atoms with Gasteiger partial charge in [0.25, 0.3) is 5.91 Å². The third-order valence-corrected chi connectivity index (χ3v) is 2.91. The van der Waals surface area contributed by atoms with Gasteiger partial charge in [0, 0.05) is 18.6 Å². The van der Waals surface area contributed by atoms with Gasteiger partial charge in [-0.25, -0.2) is 0 Å². The van der Waals surface area contributed by atoms with Crippen molar-refractivity contribution < 1.29 is 14.3 Å². The van der Waals surface area contributed by atoms with Crippen LogP contribution in [0.3, 0.4) is 0 Å². The molecule has 1 atom stereocenters. The monoisotopic (exact) mass is 313 g/mol. The Hall–Kier alpha value is -1.36. The van der Waals surface area contributed by atoms with Gasteiger partial charge in [0.05, 0.1) is 5.56 Å². The molecule has 0 saturated heterocycles.